The molecule has 1 saturated heterocycles. The number of hydrogen-bond donors (Lipinski definition) is 16. The van der Waals surface area contributed by atoms with Gasteiger partial charge in [0.1, 0.15) is 0 Å². The normalized spacial score (nSPS) is 24.0. The van der Waals surface area contributed by atoms with Crippen LogP contribution >= 0.6 is 0 Å². The molecule has 1 aliphatic rings. The fourth-order valence-corrected chi connectivity index (χ4v) is 6.12. The van der Waals surface area contributed by atoms with Crippen molar-refractivity contribution in [2.45, 2.75) is 51.4 Å². The maximum atomic E-state index is 3.55. The van der Waals surface area contributed by atoms with E-state index in [4.69, 9.17) is 0 Å². The van der Waals surface area contributed by atoms with Crippen molar-refractivity contribution < 1.29 is 0 Å². The highest BCUT2D eigenvalue weighted by atomic mass is 15.0. The average molecular weight is 801 g/mol. The quantitative estimate of drug-likeness (QED) is 0.116. The molecule has 56 heavy (non-hydrogen) atoms. The smallest absolute Gasteiger partial charge is 0.00767 e. The molecule has 0 unspecified atom stereocenters. The highest BCUT2D eigenvalue weighted by Gasteiger charge is 1.97. The molecule has 0 saturated carbocycles. The molecule has 0 atom stereocenters. The highest BCUT2D eigenvalue weighted by molar-refractivity contribution is 4.62. The van der Waals surface area contributed by atoms with Gasteiger partial charge in [-0.3, -0.25) is 0 Å². The van der Waals surface area contributed by atoms with Crippen molar-refractivity contribution in [2.24, 2.45) is 0 Å². The van der Waals surface area contributed by atoms with Crippen molar-refractivity contribution in [2.75, 3.05) is 209 Å². The predicted molar refractivity (Wildman–Crippen MR) is 243 cm³/mol. The Labute approximate surface area is 345 Å². The maximum absolute atomic E-state index is 3.55. The van der Waals surface area contributed by atoms with Gasteiger partial charge in [-0.25, -0.2) is 0 Å². The molecule has 0 aromatic rings. The lowest BCUT2D eigenvalue weighted by atomic mass is 10.3. The van der Waals surface area contributed by atoms with Crippen LogP contribution in [0.25, 0.3) is 0 Å². The third-order valence-electron chi connectivity index (χ3n) is 9.49. The molecule has 0 bridgehead atoms. The van der Waals surface area contributed by atoms with E-state index < -0.39 is 0 Å². The standard InChI is InChI=1S/C40H96N16/c1-9-41-25-27-43-11-2-13-45-29-31-47-15-4-17-49-33-35-51-19-6-21-53-37-39-55-23-8-24-56-40-38-54-22-7-20-52-36-34-50-18-5-16-48-32-30-46-14-3-12-44-28-26-42-10-1/h41-56H,1-40H2. The Hall–Kier alpha value is -0.640. The Kier molecular flexibility index (Phi) is 48.1. The van der Waals surface area contributed by atoms with Crippen molar-refractivity contribution in [1.29, 1.82) is 0 Å². The van der Waals surface area contributed by atoms with Gasteiger partial charge in [0.2, 0.25) is 0 Å². The van der Waals surface area contributed by atoms with Crippen LogP contribution in [-0.2, 0) is 0 Å². The summed E-state index contributed by atoms with van der Waals surface area (Å²) in [6, 6.07) is 0. The molecule has 0 radical (unpaired) electrons. The Balaban J connectivity index is 2.00. The molecule has 1 rings (SSSR count). The minimum absolute atomic E-state index is 1.04. The van der Waals surface area contributed by atoms with E-state index in [1.165, 1.54) is 51.4 Å². The number of nitrogens with one attached hydrogen (secondary N) is 16. The fourth-order valence-electron chi connectivity index (χ4n) is 6.12. The van der Waals surface area contributed by atoms with Crippen molar-refractivity contribution in [3.8, 4) is 0 Å². The number of rotatable bonds is 0. The molecule has 1 heterocycles. The first kappa shape index (κ1) is 53.4. The summed E-state index contributed by atoms with van der Waals surface area (Å²) in [5, 5.41) is 56.8. The molecule has 1 fully saturated rings. The summed E-state index contributed by atoms with van der Waals surface area (Å²) < 4.78 is 0. The third kappa shape index (κ3) is 47.7. The third-order valence-corrected chi connectivity index (χ3v) is 9.49. The topological polar surface area (TPSA) is 192 Å². The Morgan fingerprint density at radius 3 is 0.232 bits per heavy atom. The van der Waals surface area contributed by atoms with Crippen LogP contribution in [-0.4, -0.2) is 209 Å². The molecule has 0 spiro atoms. The van der Waals surface area contributed by atoms with E-state index >= 15 is 0 Å². The van der Waals surface area contributed by atoms with Gasteiger partial charge in [0.15, 0.2) is 0 Å². The molecule has 0 aromatic carbocycles. The lowest BCUT2D eigenvalue weighted by Crippen LogP contribution is -2.34. The molecule has 16 N–H and O–H groups in total. The van der Waals surface area contributed by atoms with E-state index in [9.17, 15) is 0 Å². The van der Waals surface area contributed by atoms with Crippen molar-refractivity contribution >= 4 is 0 Å². The lowest BCUT2D eigenvalue weighted by molar-refractivity contribution is 0.530. The van der Waals surface area contributed by atoms with E-state index in [2.05, 4.69) is 85.1 Å². The van der Waals surface area contributed by atoms with Gasteiger partial charge in [0.25, 0.3) is 0 Å². The van der Waals surface area contributed by atoms with Gasteiger partial charge in [-0.15, -0.1) is 0 Å². The second-order valence-corrected chi connectivity index (χ2v) is 14.8. The molecule has 336 valence electrons. The van der Waals surface area contributed by atoms with E-state index in [0.717, 1.165) is 209 Å². The van der Waals surface area contributed by atoms with E-state index in [-0.39, 0.29) is 0 Å². The fraction of sp³-hybridized carbons (Fsp3) is 1.00. The zero-order valence-corrected chi connectivity index (χ0v) is 36.3. The summed E-state index contributed by atoms with van der Waals surface area (Å²) in [6.07, 6.45) is 9.38. The Morgan fingerprint density at radius 2 is 0.161 bits per heavy atom. The van der Waals surface area contributed by atoms with E-state index in [1.807, 2.05) is 0 Å². The molecule has 0 aromatic heterocycles. The van der Waals surface area contributed by atoms with Crippen LogP contribution in [0.3, 0.4) is 0 Å². The highest BCUT2D eigenvalue weighted by Crippen LogP contribution is 1.80. The largest absolute Gasteiger partial charge is 0.315 e. The van der Waals surface area contributed by atoms with Crippen LogP contribution in [0.2, 0.25) is 0 Å². The first-order valence-corrected chi connectivity index (χ1v) is 23.3. The van der Waals surface area contributed by atoms with Crippen LogP contribution in [0.4, 0.5) is 0 Å². The summed E-state index contributed by atoms with van der Waals surface area (Å²) in [5.74, 6) is 0. The molecule has 0 aliphatic carbocycles. The Morgan fingerprint density at radius 1 is 0.0893 bits per heavy atom. The second kappa shape index (κ2) is 50.5. The molecule has 16 nitrogen and oxygen atoms in total. The molecule has 1 aliphatic heterocycles. The number of hydrogen-bond acceptors (Lipinski definition) is 16. The van der Waals surface area contributed by atoms with Gasteiger partial charge >= 0.3 is 0 Å². The summed E-state index contributed by atoms with van der Waals surface area (Å²) in [5.41, 5.74) is 0. The predicted octanol–water partition coefficient (Wildman–Crippen LogP) is -3.45. The van der Waals surface area contributed by atoms with Crippen molar-refractivity contribution in [3.05, 3.63) is 0 Å². The monoisotopic (exact) mass is 801 g/mol. The summed E-state index contributed by atoms with van der Waals surface area (Å²) >= 11 is 0. The molecule has 0 amide bonds. The summed E-state index contributed by atoms with van der Waals surface area (Å²) in [7, 11) is 0. The van der Waals surface area contributed by atoms with Crippen LogP contribution in [0.5, 0.6) is 0 Å². The van der Waals surface area contributed by atoms with Gasteiger partial charge < -0.3 is 85.1 Å². The minimum Gasteiger partial charge on any atom is -0.315 e. The Bertz CT molecular complexity index is 374. The van der Waals surface area contributed by atoms with Gasteiger partial charge in [-0.2, -0.15) is 0 Å². The first-order valence-electron chi connectivity index (χ1n) is 23.3. The van der Waals surface area contributed by atoms with Crippen LogP contribution < -0.4 is 85.1 Å². The molecular weight excluding hydrogens is 705 g/mol. The summed E-state index contributed by atoms with van der Waals surface area (Å²) in [4.78, 5) is 0. The summed E-state index contributed by atoms with van der Waals surface area (Å²) in [6.45, 7) is 33.8. The first-order chi connectivity index (χ1) is 28.0. The molecule has 16 heteroatoms. The lowest BCUT2D eigenvalue weighted by Gasteiger charge is -2.10. The molecular formula is C40H96N16. The van der Waals surface area contributed by atoms with Crippen LogP contribution in [0, 0.1) is 0 Å². The van der Waals surface area contributed by atoms with Gasteiger partial charge in [0, 0.05) is 105 Å². The van der Waals surface area contributed by atoms with Gasteiger partial charge in [-0.05, 0) is 156 Å². The van der Waals surface area contributed by atoms with Crippen LogP contribution in [0.1, 0.15) is 51.4 Å². The van der Waals surface area contributed by atoms with Crippen molar-refractivity contribution in [3.63, 3.8) is 0 Å². The van der Waals surface area contributed by atoms with Crippen LogP contribution in [0.15, 0.2) is 0 Å². The second-order valence-electron chi connectivity index (χ2n) is 14.8. The van der Waals surface area contributed by atoms with Gasteiger partial charge in [-0.1, -0.05) is 0 Å². The zero-order valence-electron chi connectivity index (χ0n) is 36.3. The average Bonchev–Trinajstić information content (AvgIpc) is 3.21. The van der Waals surface area contributed by atoms with E-state index in [1.54, 1.807) is 0 Å². The van der Waals surface area contributed by atoms with E-state index in [0.29, 0.717) is 0 Å². The minimum atomic E-state index is 1.04. The SMILES string of the molecule is C1CNCCNCCCNCCNCCCNCCNCCCNCCNCCCNCCNCCCNCCNCCCNCCNCCCNCCNC1. The maximum Gasteiger partial charge on any atom is 0.00767 e. The van der Waals surface area contributed by atoms with Crippen molar-refractivity contribution in [1.82, 2.24) is 85.1 Å². The zero-order chi connectivity index (χ0) is 39.6. The van der Waals surface area contributed by atoms with Gasteiger partial charge in [0.05, 0.1) is 0 Å².